The Bertz CT molecular complexity index is 730. The zero-order chi connectivity index (χ0) is 17.7. The summed E-state index contributed by atoms with van der Waals surface area (Å²) in [6.07, 6.45) is 4.21. The van der Waals surface area contributed by atoms with Crippen molar-refractivity contribution in [3.63, 3.8) is 0 Å². The van der Waals surface area contributed by atoms with Gasteiger partial charge in [-0.25, -0.2) is 13.1 Å². The van der Waals surface area contributed by atoms with Gasteiger partial charge in [0.2, 0.25) is 0 Å². The van der Waals surface area contributed by atoms with Crippen molar-refractivity contribution in [3.8, 4) is 0 Å². The summed E-state index contributed by atoms with van der Waals surface area (Å²) >= 11 is 11.5. The fourth-order valence-electron chi connectivity index (χ4n) is 2.46. The molecule has 1 aromatic heterocycles. The van der Waals surface area contributed by atoms with Crippen LogP contribution in [-0.4, -0.2) is 47.6 Å². The summed E-state index contributed by atoms with van der Waals surface area (Å²) < 4.78 is 24.8. The van der Waals surface area contributed by atoms with Gasteiger partial charge in [-0.1, -0.05) is 24.9 Å². The normalized spacial score (nSPS) is 19.7. The molecular weight excluding hydrogens is 370 g/mol. The quantitative estimate of drug-likeness (QED) is 0.333. The first kappa shape index (κ1) is 19.1. The Morgan fingerprint density at radius 1 is 1.58 bits per heavy atom. The highest BCUT2D eigenvalue weighted by atomic mass is 35.5. The van der Waals surface area contributed by atoms with Crippen molar-refractivity contribution < 1.29 is 8.42 Å². The van der Waals surface area contributed by atoms with E-state index in [4.69, 9.17) is 23.8 Å². The predicted molar refractivity (Wildman–Crippen MR) is 101 cm³/mol. The summed E-state index contributed by atoms with van der Waals surface area (Å²) in [5.41, 5.74) is 4.09. The van der Waals surface area contributed by atoms with Crippen molar-refractivity contribution in [2.75, 3.05) is 18.1 Å². The van der Waals surface area contributed by atoms with Crippen molar-refractivity contribution in [2.24, 2.45) is 5.10 Å². The largest absolute Gasteiger partial charge is 0.361 e. The van der Waals surface area contributed by atoms with Crippen molar-refractivity contribution in [1.29, 1.82) is 0 Å². The molecule has 2 rings (SSSR count). The number of hydrogen-bond donors (Lipinski definition) is 2. The first-order chi connectivity index (χ1) is 11.3. The first-order valence-corrected chi connectivity index (χ1v) is 10.5. The Morgan fingerprint density at radius 2 is 2.33 bits per heavy atom. The van der Waals surface area contributed by atoms with Gasteiger partial charge in [-0.05, 0) is 32.0 Å². The maximum Gasteiger partial charge on any atom is 0.186 e. The van der Waals surface area contributed by atoms with Gasteiger partial charge in [-0.2, -0.15) is 10.2 Å². The lowest BCUT2D eigenvalue weighted by atomic mass is 10.2. The topological polar surface area (TPSA) is 88.4 Å². The van der Waals surface area contributed by atoms with E-state index in [1.807, 2.05) is 6.92 Å². The molecule has 134 valence electrons. The van der Waals surface area contributed by atoms with Gasteiger partial charge in [0.05, 0.1) is 35.0 Å². The highest BCUT2D eigenvalue weighted by Gasteiger charge is 2.31. The van der Waals surface area contributed by atoms with Crippen LogP contribution in [0, 0.1) is 6.92 Å². The summed E-state index contributed by atoms with van der Waals surface area (Å²) in [4.78, 5) is 0. The molecule has 0 saturated carbocycles. The van der Waals surface area contributed by atoms with E-state index in [9.17, 15) is 8.42 Å². The minimum Gasteiger partial charge on any atom is -0.361 e. The number of rotatable bonds is 6. The van der Waals surface area contributed by atoms with E-state index in [1.54, 1.807) is 10.9 Å². The molecule has 0 radical (unpaired) electrons. The van der Waals surface area contributed by atoms with E-state index < -0.39 is 9.84 Å². The standard InChI is InChI=1S/C14H22ClN5O2S2/c1-3-4-6-16-14(23)18-17-8-12-10(2)19-20(13(12)15)11-5-7-24(21,22)9-11/h8,11H,3-7,9H2,1-2H3,(H2,16,18,23)/b17-8-/t11-/m0/s1. The average molecular weight is 392 g/mol. The number of hydrogen-bond acceptors (Lipinski definition) is 5. The number of hydrazone groups is 1. The van der Waals surface area contributed by atoms with Crippen LogP contribution in [0.5, 0.6) is 0 Å². The Labute approximate surface area is 152 Å². The van der Waals surface area contributed by atoms with Crippen LogP contribution in [0.3, 0.4) is 0 Å². The summed E-state index contributed by atoms with van der Waals surface area (Å²) in [6.45, 7) is 4.71. The lowest BCUT2D eigenvalue weighted by Gasteiger charge is -2.09. The SMILES string of the molecule is CCCCNC(=S)N/N=C\c1c(C)nn([C@H]2CCS(=O)(=O)C2)c1Cl. The molecule has 10 heteroatoms. The maximum atomic E-state index is 11.6. The summed E-state index contributed by atoms with van der Waals surface area (Å²) in [5.74, 6) is 0.254. The van der Waals surface area contributed by atoms with Gasteiger partial charge < -0.3 is 5.32 Å². The predicted octanol–water partition coefficient (Wildman–Crippen LogP) is 1.80. The molecule has 1 fully saturated rings. The lowest BCUT2D eigenvalue weighted by molar-refractivity contribution is 0.497. The number of halogens is 1. The van der Waals surface area contributed by atoms with Gasteiger partial charge in [-0.3, -0.25) is 5.43 Å². The number of nitrogens with one attached hydrogen (secondary N) is 2. The molecule has 2 N–H and O–H groups in total. The third-order valence-corrected chi connectivity index (χ3v) is 6.16. The molecule has 24 heavy (non-hydrogen) atoms. The van der Waals surface area contributed by atoms with Crippen LogP contribution in [0.1, 0.15) is 43.5 Å². The molecule has 7 nitrogen and oxygen atoms in total. The highest BCUT2D eigenvalue weighted by Crippen LogP contribution is 2.29. The van der Waals surface area contributed by atoms with Gasteiger partial charge >= 0.3 is 0 Å². The van der Waals surface area contributed by atoms with Crippen LogP contribution in [-0.2, 0) is 9.84 Å². The zero-order valence-corrected chi connectivity index (χ0v) is 16.1. The van der Waals surface area contributed by atoms with Crippen molar-refractivity contribution in [3.05, 3.63) is 16.4 Å². The molecule has 1 atom stereocenters. The molecule has 1 saturated heterocycles. The average Bonchev–Trinajstić information content (AvgIpc) is 3.01. The Hall–Kier alpha value is -1.19. The lowest BCUT2D eigenvalue weighted by Crippen LogP contribution is -2.32. The molecular formula is C14H22ClN5O2S2. The fraction of sp³-hybridized carbons (Fsp3) is 0.643. The third-order valence-electron chi connectivity index (χ3n) is 3.80. The summed E-state index contributed by atoms with van der Waals surface area (Å²) in [7, 11) is -2.99. The van der Waals surface area contributed by atoms with Crippen molar-refractivity contribution in [1.82, 2.24) is 20.5 Å². The van der Waals surface area contributed by atoms with Crippen molar-refractivity contribution >= 4 is 45.0 Å². The van der Waals surface area contributed by atoms with Crippen LogP contribution in [0.15, 0.2) is 5.10 Å². The third kappa shape index (κ3) is 4.90. The number of aromatic nitrogens is 2. The smallest absolute Gasteiger partial charge is 0.186 e. The molecule has 1 aromatic rings. The van der Waals surface area contributed by atoms with Gasteiger partial charge in [0.15, 0.2) is 14.9 Å². The molecule has 2 heterocycles. The van der Waals surface area contributed by atoms with E-state index in [-0.39, 0.29) is 17.5 Å². The van der Waals surface area contributed by atoms with Crippen LogP contribution >= 0.6 is 23.8 Å². The van der Waals surface area contributed by atoms with Crippen LogP contribution in [0.2, 0.25) is 5.15 Å². The van der Waals surface area contributed by atoms with E-state index in [2.05, 4.69) is 27.9 Å². The number of nitrogens with zero attached hydrogens (tertiary/aromatic N) is 3. The van der Waals surface area contributed by atoms with Crippen LogP contribution in [0.25, 0.3) is 0 Å². The van der Waals surface area contributed by atoms with Gasteiger partial charge in [0.1, 0.15) is 5.15 Å². The van der Waals surface area contributed by atoms with E-state index in [0.717, 1.165) is 19.4 Å². The Morgan fingerprint density at radius 3 is 2.96 bits per heavy atom. The molecule has 0 aromatic carbocycles. The van der Waals surface area contributed by atoms with E-state index in [1.165, 1.54) is 0 Å². The number of thiocarbonyl (C=S) groups is 1. The molecule has 0 spiro atoms. The number of unbranched alkanes of at least 4 members (excludes halogenated alkanes) is 1. The minimum atomic E-state index is -2.99. The molecule has 0 amide bonds. The maximum absolute atomic E-state index is 11.6. The van der Waals surface area contributed by atoms with E-state index in [0.29, 0.717) is 27.9 Å². The Balaban J connectivity index is 2.01. The Kier molecular flexibility index (Phi) is 6.59. The monoisotopic (exact) mass is 391 g/mol. The first-order valence-electron chi connectivity index (χ1n) is 7.86. The molecule has 0 unspecified atom stereocenters. The second-order valence-corrected chi connectivity index (χ2v) is 8.77. The molecule has 0 bridgehead atoms. The molecule has 1 aliphatic heterocycles. The summed E-state index contributed by atoms with van der Waals surface area (Å²) in [5, 5.41) is 12.3. The zero-order valence-electron chi connectivity index (χ0n) is 13.7. The van der Waals surface area contributed by atoms with E-state index >= 15 is 0 Å². The van der Waals surface area contributed by atoms with Gasteiger partial charge in [0, 0.05) is 6.54 Å². The summed E-state index contributed by atoms with van der Waals surface area (Å²) in [6, 6.07) is -0.215. The fourth-order valence-corrected chi connectivity index (χ4v) is 4.67. The second-order valence-electron chi connectivity index (χ2n) is 5.77. The second kappa shape index (κ2) is 8.26. The van der Waals surface area contributed by atoms with Crippen LogP contribution in [0.4, 0.5) is 0 Å². The van der Waals surface area contributed by atoms with Gasteiger partial charge in [0.25, 0.3) is 0 Å². The molecule has 1 aliphatic rings. The van der Waals surface area contributed by atoms with Gasteiger partial charge in [-0.15, -0.1) is 0 Å². The molecule has 0 aliphatic carbocycles. The van der Waals surface area contributed by atoms with Crippen molar-refractivity contribution in [2.45, 2.75) is 39.2 Å². The minimum absolute atomic E-state index is 0.0775. The van der Waals surface area contributed by atoms with Crippen LogP contribution < -0.4 is 10.7 Å². The number of sulfone groups is 1. The highest BCUT2D eigenvalue weighted by molar-refractivity contribution is 7.91. The number of aryl methyl sites for hydroxylation is 1.